The van der Waals surface area contributed by atoms with Gasteiger partial charge in [-0.3, -0.25) is 4.79 Å². The number of amides is 1. The first-order valence-corrected chi connectivity index (χ1v) is 6.48. The largest absolute Gasteiger partial charge is 0.497 e. The number of anilines is 1. The van der Waals surface area contributed by atoms with Crippen molar-refractivity contribution in [3.8, 4) is 5.75 Å². The smallest absolute Gasteiger partial charge is 0.248 e. The summed E-state index contributed by atoms with van der Waals surface area (Å²) in [6.45, 7) is 2.13. The third-order valence-electron chi connectivity index (χ3n) is 3.25. The number of hydrogen-bond donors (Lipinski definition) is 2. The molecule has 2 aromatic carbocycles. The Kier molecular flexibility index (Phi) is 4.42. The number of ether oxygens (including phenoxy) is 1. The Balaban J connectivity index is 2.21. The van der Waals surface area contributed by atoms with Crippen molar-refractivity contribution in [2.24, 2.45) is 5.73 Å². The summed E-state index contributed by atoms with van der Waals surface area (Å²) in [5, 5.41) is 3.11. The minimum absolute atomic E-state index is 0.145. The highest BCUT2D eigenvalue weighted by molar-refractivity contribution is 5.94. The molecule has 0 heterocycles. The number of methoxy groups -OCH3 is 1. The predicted molar refractivity (Wildman–Crippen MR) is 80.0 cm³/mol. The maximum Gasteiger partial charge on any atom is 0.248 e. The van der Waals surface area contributed by atoms with Crippen LogP contribution in [0.3, 0.4) is 0 Å². The number of primary amides is 1. The fourth-order valence-electron chi connectivity index (χ4n) is 1.98. The van der Waals surface area contributed by atoms with Crippen molar-refractivity contribution in [2.45, 2.75) is 13.5 Å². The molecule has 0 aliphatic heterocycles. The van der Waals surface area contributed by atoms with Crippen LogP contribution in [0.25, 0.3) is 0 Å². The lowest BCUT2D eigenvalue weighted by Gasteiger charge is -2.12. The maximum absolute atomic E-state index is 13.8. The van der Waals surface area contributed by atoms with Crippen LogP contribution in [-0.2, 0) is 6.54 Å². The Morgan fingerprint density at radius 2 is 2.10 bits per heavy atom. The van der Waals surface area contributed by atoms with Gasteiger partial charge in [0, 0.05) is 23.4 Å². The van der Waals surface area contributed by atoms with Crippen molar-refractivity contribution < 1.29 is 13.9 Å². The van der Waals surface area contributed by atoms with Crippen LogP contribution >= 0.6 is 0 Å². The highest BCUT2D eigenvalue weighted by Gasteiger charge is 2.10. The van der Waals surface area contributed by atoms with Gasteiger partial charge in [-0.1, -0.05) is 12.1 Å². The van der Waals surface area contributed by atoms with Gasteiger partial charge in [0.2, 0.25) is 5.91 Å². The molecule has 21 heavy (non-hydrogen) atoms. The van der Waals surface area contributed by atoms with Crippen molar-refractivity contribution >= 4 is 11.6 Å². The molecule has 0 radical (unpaired) electrons. The quantitative estimate of drug-likeness (QED) is 0.889. The Hall–Kier alpha value is -2.56. The third kappa shape index (κ3) is 3.51. The zero-order valence-corrected chi connectivity index (χ0v) is 11.9. The maximum atomic E-state index is 13.8. The highest BCUT2D eigenvalue weighted by atomic mass is 19.1. The third-order valence-corrected chi connectivity index (χ3v) is 3.25. The lowest BCUT2D eigenvalue weighted by atomic mass is 10.1. The number of nitrogens with one attached hydrogen (secondary N) is 1. The predicted octanol–water partition coefficient (Wildman–Crippen LogP) is 2.85. The van der Waals surface area contributed by atoms with Crippen LogP contribution in [0.5, 0.6) is 5.75 Å². The fourth-order valence-corrected chi connectivity index (χ4v) is 1.98. The van der Waals surface area contributed by atoms with Crippen LogP contribution in [0.2, 0.25) is 0 Å². The normalized spacial score (nSPS) is 10.2. The number of benzene rings is 2. The molecule has 4 nitrogen and oxygen atoms in total. The Morgan fingerprint density at radius 1 is 1.33 bits per heavy atom. The lowest BCUT2D eigenvalue weighted by Crippen LogP contribution is -2.13. The second kappa shape index (κ2) is 6.26. The number of nitrogens with two attached hydrogens (primary N) is 1. The minimum atomic E-state index is -0.654. The number of rotatable bonds is 5. The van der Waals surface area contributed by atoms with Crippen molar-refractivity contribution in [1.82, 2.24) is 0 Å². The second-order valence-electron chi connectivity index (χ2n) is 4.70. The van der Waals surface area contributed by atoms with Crippen LogP contribution in [0, 0.1) is 12.7 Å². The van der Waals surface area contributed by atoms with Gasteiger partial charge in [0.15, 0.2) is 0 Å². The minimum Gasteiger partial charge on any atom is -0.497 e. The SMILES string of the molecule is COc1cccc(CNc2cc(C(N)=O)cc(F)c2C)c1. The monoisotopic (exact) mass is 288 g/mol. The summed E-state index contributed by atoms with van der Waals surface area (Å²) in [6.07, 6.45) is 0. The molecule has 0 aromatic heterocycles. The molecule has 1 amide bonds. The van der Waals surface area contributed by atoms with E-state index in [0.717, 1.165) is 17.4 Å². The van der Waals surface area contributed by atoms with Crippen molar-refractivity contribution in [1.29, 1.82) is 0 Å². The lowest BCUT2D eigenvalue weighted by molar-refractivity contribution is 0.1000. The van der Waals surface area contributed by atoms with Gasteiger partial charge < -0.3 is 15.8 Å². The fraction of sp³-hybridized carbons (Fsp3) is 0.188. The molecular weight excluding hydrogens is 271 g/mol. The molecule has 2 rings (SSSR count). The molecule has 5 heteroatoms. The molecule has 0 atom stereocenters. The average molecular weight is 288 g/mol. The molecular formula is C16H17FN2O2. The number of halogens is 1. The second-order valence-corrected chi connectivity index (χ2v) is 4.70. The number of carbonyl (C=O) groups excluding carboxylic acids is 1. The van der Waals surface area contributed by atoms with Crippen LogP contribution < -0.4 is 15.8 Å². The standard InChI is InChI=1S/C16H17FN2O2/c1-10-14(17)7-12(16(18)20)8-15(10)19-9-11-4-3-5-13(6-11)21-2/h3-8,19H,9H2,1-2H3,(H2,18,20). The van der Waals surface area contributed by atoms with E-state index in [1.54, 1.807) is 20.1 Å². The molecule has 0 saturated heterocycles. The zero-order valence-electron chi connectivity index (χ0n) is 11.9. The molecule has 0 spiro atoms. The van der Waals surface area contributed by atoms with Gasteiger partial charge in [0.1, 0.15) is 11.6 Å². The van der Waals surface area contributed by atoms with Gasteiger partial charge in [0.25, 0.3) is 0 Å². The van der Waals surface area contributed by atoms with Crippen molar-refractivity contribution in [2.75, 3.05) is 12.4 Å². The highest BCUT2D eigenvalue weighted by Crippen LogP contribution is 2.22. The van der Waals surface area contributed by atoms with Crippen LogP contribution in [0.15, 0.2) is 36.4 Å². The van der Waals surface area contributed by atoms with E-state index in [4.69, 9.17) is 10.5 Å². The molecule has 0 fully saturated rings. The first-order chi connectivity index (χ1) is 10.0. The first kappa shape index (κ1) is 14.8. The zero-order chi connectivity index (χ0) is 15.4. The van der Waals surface area contributed by atoms with Gasteiger partial charge >= 0.3 is 0 Å². The van der Waals surface area contributed by atoms with Crippen molar-refractivity contribution in [3.05, 3.63) is 58.9 Å². The summed E-state index contributed by atoms with van der Waals surface area (Å²) in [7, 11) is 1.60. The van der Waals surface area contributed by atoms with E-state index in [1.807, 2.05) is 24.3 Å². The molecule has 0 bridgehead atoms. The number of hydrogen-bond acceptors (Lipinski definition) is 3. The molecule has 2 aromatic rings. The average Bonchev–Trinajstić information content (AvgIpc) is 2.48. The first-order valence-electron chi connectivity index (χ1n) is 6.48. The Morgan fingerprint density at radius 3 is 2.76 bits per heavy atom. The Labute approximate surface area is 122 Å². The molecule has 0 aliphatic rings. The van der Waals surface area contributed by atoms with E-state index in [0.29, 0.717) is 17.8 Å². The summed E-state index contributed by atoms with van der Waals surface area (Å²) in [5.74, 6) is -0.360. The van der Waals surface area contributed by atoms with E-state index in [1.165, 1.54) is 0 Å². The van der Waals surface area contributed by atoms with Crippen molar-refractivity contribution in [3.63, 3.8) is 0 Å². The Bertz CT molecular complexity index is 671. The van der Waals surface area contributed by atoms with Gasteiger partial charge in [-0.15, -0.1) is 0 Å². The van der Waals surface area contributed by atoms with Crippen LogP contribution in [0.1, 0.15) is 21.5 Å². The van der Waals surface area contributed by atoms with E-state index in [-0.39, 0.29) is 5.56 Å². The van der Waals surface area contributed by atoms with Gasteiger partial charge in [-0.25, -0.2) is 4.39 Å². The van der Waals surface area contributed by atoms with Crippen LogP contribution in [-0.4, -0.2) is 13.0 Å². The molecule has 110 valence electrons. The van der Waals surface area contributed by atoms with Gasteiger partial charge in [0.05, 0.1) is 7.11 Å². The molecule has 0 aliphatic carbocycles. The van der Waals surface area contributed by atoms with E-state index < -0.39 is 11.7 Å². The van der Waals surface area contributed by atoms with E-state index in [9.17, 15) is 9.18 Å². The van der Waals surface area contributed by atoms with Gasteiger partial charge in [-0.05, 0) is 36.8 Å². The summed E-state index contributed by atoms with van der Waals surface area (Å²) >= 11 is 0. The van der Waals surface area contributed by atoms with Gasteiger partial charge in [-0.2, -0.15) is 0 Å². The summed E-state index contributed by atoms with van der Waals surface area (Å²) in [4.78, 5) is 11.2. The summed E-state index contributed by atoms with van der Waals surface area (Å²) in [5.41, 5.74) is 7.32. The topological polar surface area (TPSA) is 64.3 Å². The van der Waals surface area contributed by atoms with Crippen LogP contribution in [0.4, 0.5) is 10.1 Å². The van der Waals surface area contributed by atoms with E-state index >= 15 is 0 Å². The molecule has 0 saturated carbocycles. The summed E-state index contributed by atoms with van der Waals surface area (Å²) in [6, 6.07) is 10.2. The number of carbonyl (C=O) groups is 1. The van der Waals surface area contributed by atoms with E-state index in [2.05, 4.69) is 5.32 Å². The summed E-state index contributed by atoms with van der Waals surface area (Å²) < 4.78 is 18.9. The molecule has 0 unspecified atom stereocenters. The molecule has 3 N–H and O–H groups in total.